The molecule has 8 heteroatoms. The average molecular weight is 318 g/mol. The van der Waals surface area contributed by atoms with E-state index in [4.69, 9.17) is 0 Å². The van der Waals surface area contributed by atoms with E-state index < -0.39 is 17.5 Å². The number of nitrogens with one attached hydrogen (secondary N) is 4. The lowest BCUT2D eigenvalue weighted by molar-refractivity contribution is -0.115. The first-order chi connectivity index (χ1) is 11.0. The van der Waals surface area contributed by atoms with Crippen LogP contribution in [-0.4, -0.2) is 23.5 Å². The highest BCUT2D eigenvalue weighted by atomic mass is 19.1. The van der Waals surface area contributed by atoms with E-state index in [0.29, 0.717) is 0 Å². The Hall–Kier alpha value is -3.16. The number of anilines is 1. The number of aromatic amines is 1. The number of carbonyl (C=O) groups excluding carboxylic acids is 2. The van der Waals surface area contributed by atoms with Gasteiger partial charge in [-0.3, -0.25) is 9.59 Å². The van der Waals surface area contributed by atoms with Crippen molar-refractivity contribution in [2.45, 2.75) is 6.54 Å². The molecule has 1 heterocycles. The summed E-state index contributed by atoms with van der Waals surface area (Å²) < 4.78 is 12.7. The maximum absolute atomic E-state index is 12.7. The second kappa shape index (κ2) is 7.74. The molecule has 0 aliphatic heterocycles. The van der Waals surface area contributed by atoms with Crippen molar-refractivity contribution >= 4 is 17.6 Å². The van der Waals surface area contributed by atoms with Crippen LogP contribution in [0.1, 0.15) is 5.56 Å². The first kappa shape index (κ1) is 16.2. The van der Waals surface area contributed by atoms with Gasteiger partial charge in [-0.05, 0) is 29.8 Å². The number of carbonyl (C=O) groups is 2. The third kappa shape index (κ3) is 5.27. The molecule has 0 spiro atoms. The zero-order valence-electron chi connectivity index (χ0n) is 12.1. The lowest BCUT2D eigenvalue weighted by Crippen LogP contribution is -2.40. The Morgan fingerprint density at radius 1 is 1.09 bits per heavy atom. The van der Waals surface area contributed by atoms with Gasteiger partial charge >= 0.3 is 6.03 Å². The number of aromatic nitrogens is 1. The van der Waals surface area contributed by atoms with Crippen LogP contribution in [0.3, 0.4) is 0 Å². The molecule has 0 unspecified atom stereocenters. The van der Waals surface area contributed by atoms with Gasteiger partial charge in [0.2, 0.25) is 5.91 Å². The lowest BCUT2D eigenvalue weighted by atomic mass is 10.2. The van der Waals surface area contributed by atoms with Crippen molar-refractivity contribution in [3.63, 3.8) is 0 Å². The average Bonchev–Trinajstić information content (AvgIpc) is 2.54. The Kier molecular flexibility index (Phi) is 5.45. The maximum atomic E-state index is 12.7. The molecule has 0 aliphatic carbocycles. The van der Waals surface area contributed by atoms with Crippen molar-refractivity contribution in [2.24, 2.45) is 0 Å². The van der Waals surface area contributed by atoms with E-state index in [1.165, 1.54) is 24.4 Å². The molecule has 0 saturated heterocycles. The molecule has 3 amide bonds. The quantitative estimate of drug-likeness (QED) is 0.660. The van der Waals surface area contributed by atoms with Crippen molar-refractivity contribution in [3.8, 4) is 0 Å². The third-order valence-corrected chi connectivity index (χ3v) is 2.87. The van der Waals surface area contributed by atoms with E-state index >= 15 is 0 Å². The van der Waals surface area contributed by atoms with E-state index in [1.54, 1.807) is 18.2 Å². The number of urea groups is 1. The van der Waals surface area contributed by atoms with Crippen LogP contribution in [-0.2, 0) is 11.3 Å². The molecule has 0 atom stereocenters. The van der Waals surface area contributed by atoms with Gasteiger partial charge in [0.25, 0.3) is 5.56 Å². The SMILES string of the molecule is O=C(CNC(=O)NCc1ccc(F)cc1)Nc1ccc[nH]c1=O. The zero-order valence-corrected chi connectivity index (χ0v) is 12.1. The van der Waals surface area contributed by atoms with Gasteiger partial charge in [-0.15, -0.1) is 0 Å². The highest BCUT2D eigenvalue weighted by molar-refractivity contribution is 5.94. The highest BCUT2D eigenvalue weighted by Crippen LogP contribution is 2.01. The van der Waals surface area contributed by atoms with Gasteiger partial charge in [0.15, 0.2) is 0 Å². The van der Waals surface area contributed by atoms with Crippen LogP contribution in [0.15, 0.2) is 47.4 Å². The Bertz CT molecular complexity index is 743. The molecule has 0 radical (unpaired) electrons. The summed E-state index contributed by atoms with van der Waals surface area (Å²) in [6.07, 6.45) is 1.44. The fourth-order valence-electron chi connectivity index (χ4n) is 1.72. The highest BCUT2D eigenvalue weighted by Gasteiger charge is 2.07. The van der Waals surface area contributed by atoms with Crippen molar-refractivity contribution in [3.05, 3.63) is 64.3 Å². The fourth-order valence-corrected chi connectivity index (χ4v) is 1.72. The van der Waals surface area contributed by atoms with E-state index in [-0.39, 0.29) is 24.6 Å². The molecule has 120 valence electrons. The largest absolute Gasteiger partial charge is 0.334 e. The second-order valence-electron chi connectivity index (χ2n) is 4.62. The summed E-state index contributed by atoms with van der Waals surface area (Å²) in [5.41, 5.74) is 0.398. The summed E-state index contributed by atoms with van der Waals surface area (Å²) in [6, 6.07) is 8.14. The second-order valence-corrected chi connectivity index (χ2v) is 4.62. The number of rotatable bonds is 5. The van der Waals surface area contributed by atoms with Gasteiger partial charge in [0, 0.05) is 12.7 Å². The number of pyridine rings is 1. The molecule has 0 bridgehead atoms. The summed E-state index contributed by atoms with van der Waals surface area (Å²) in [7, 11) is 0. The minimum absolute atomic E-state index is 0.103. The monoisotopic (exact) mass is 318 g/mol. The Morgan fingerprint density at radius 3 is 2.52 bits per heavy atom. The number of hydrogen-bond donors (Lipinski definition) is 4. The van der Waals surface area contributed by atoms with Gasteiger partial charge < -0.3 is 20.9 Å². The van der Waals surface area contributed by atoms with Gasteiger partial charge in [-0.2, -0.15) is 0 Å². The standard InChI is InChI=1S/C15H15FN4O3/c16-11-5-3-10(4-6-11)8-18-15(23)19-9-13(21)20-12-2-1-7-17-14(12)22/h1-7H,8-9H2,(H,17,22)(H,20,21)(H2,18,19,23). The molecule has 0 aliphatic rings. The van der Waals surface area contributed by atoms with Crippen molar-refractivity contribution in [1.29, 1.82) is 0 Å². The van der Waals surface area contributed by atoms with Crippen LogP contribution < -0.4 is 21.5 Å². The normalized spacial score (nSPS) is 9.96. The first-order valence-electron chi connectivity index (χ1n) is 6.78. The fraction of sp³-hybridized carbons (Fsp3) is 0.133. The third-order valence-electron chi connectivity index (χ3n) is 2.87. The molecule has 23 heavy (non-hydrogen) atoms. The minimum Gasteiger partial charge on any atom is -0.334 e. The van der Waals surface area contributed by atoms with Crippen molar-refractivity contribution in [1.82, 2.24) is 15.6 Å². The van der Waals surface area contributed by atoms with E-state index in [9.17, 15) is 18.8 Å². The molecule has 0 fully saturated rings. The van der Waals surface area contributed by atoms with E-state index in [1.807, 2.05) is 0 Å². The van der Waals surface area contributed by atoms with Gasteiger partial charge in [-0.25, -0.2) is 9.18 Å². The first-order valence-corrected chi connectivity index (χ1v) is 6.78. The smallest absolute Gasteiger partial charge is 0.315 e. The maximum Gasteiger partial charge on any atom is 0.315 e. The van der Waals surface area contributed by atoms with Crippen molar-refractivity contribution < 1.29 is 14.0 Å². The number of halogens is 1. The molecule has 1 aromatic heterocycles. The predicted molar refractivity (Wildman–Crippen MR) is 82.3 cm³/mol. The van der Waals surface area contributed by atoms with Gasteiger partial charge in [-0.1, -0.05) is 12.1 Å². The summed E-state index contributed by atoms with van der Waals surface area (Å²) in [6.45, 7) is -0.0876. The van der Waals surface area contributed by atoms with Crippen LogP contribution in [0.5, 0.6) is 0 Å². The van der Waals surface area contributed by atoms with E-state index in [0.717, 1.165) is 5.56 Å². The minimum atomic E-state index is -0.550. The summed E-state index contributed by atoms with van der Waals surface area (Å²) >= 11 is 0. The van der Waals surface area contributed by atoms with Crippen LogP contribution in [0.2, 0.25) is 0 Å². The summed E-state index contributed by atoms with van der Waals surface area (Å²) in [4.78, 5) is 37.0. The van der Waals surface area contributed by atoms with Crippen LogP contribution in [0, 0.1) is 5.82 Å². The van der Waals surface area contributed by atoms with Crippen LogP contribution >= 0.6 is 0 Å². The Balaban J connectivity index is 1.73. The number of benzene rings is 1. The summed E-state index contributed by atoms with van der Waals surface area (Å²) in [5.74, 6) is -0.885. The molecular weight excluding hydrogens is 303 g/mol. The molecule has 2 rings (SSSR count). The molecule has 4 N–H and O–H groups in total. The molecule has 0 saturated carbocycles. The van der Waals surface area contributed by atoms with Gasteiger partial charge in [0.1, 0.15) is 11.5 Å². The topological polar surface area (TPSA) is 103 Å². The number of H-pyrrole nitrogens is 1. The number of hydrogen-bond acceptors (Lipinski definition) is 3. The molecular formula is C15H15FN4O3. The Morgan fingerprint density at radius 2 is 1.83 bits per heavy atom. The predicted octanol–water partition coefficient (Wildman–Crippen LogP) is 0.952. The number of amides is 3. The van der Waals surface area contributed by atoms with Crippen LogP contribution in [0.4, 0.5) is 14.9 Å². The van der Waals surface area contributed by atoms with Crippen LogP contribution in [0.25, 0.3) is 0 Å². The summed E-state index contributed by atoms with van der Waals surface area (Å²) in [5, 5.41) is 7.26. The molecule has 1 aromatic carbocycles. The Labute approximate surface area is 130 Å². The zero-order chi connectivity index (χ0) is 16.7. The van der Waals surface area contributed by atoms with E-state index in [2.05, 4.69) is 20.9 Å². The lowest BCUT2D eigenvalue weighted by Gasteiger charge is -2.08. The van der Waals surface area contributed by atoms with Crippen molar-refractivity contribution in [2.75, 3.05) is 11.9 Å². The molecule has 7 nitrogen and oxygen atoms in total. The van der Waals surface area contributed by atoms with Gasteiger partial charge in [0.05, 0.1) is 6.54 Å². The molecule has 2 aromatic rings.